The van der Waals surface area contributed by atoms with Gasteiger partial charge in [-0.2, -0.15) is 0 Å². The summed E-state index contributed by atoms with van der Waals surface area (Å²) in [6.07, 6.45) is 1.69. The number of carbonyl (C=O) groups is 3. The zero-order chi connectivity index (χ0) is 26.2. The van der Waals surface area contributed by atoms with Crippen LogP contribution in [-0.2, 0) is 19.1 Å². The predicted octanol–water partition coefficient (Wildman–Crippen LogP) is 4.66. The van der Waals surface area contributed by atoms with E-state index in [0.717, 1.165) is 11.1 Å². The highest BCUT2D eigenvalue weighted by atomic mass is 16.5. The molecular formula is C29H34N2O5. The van der Waals surface area contributed by atoms with Gasteiger partial charge in [-0.15, -0.1) is 0 Å². The maximum atomic E-state index is 13.1. The Bertz CT molecular complexity index is 1150. The molecule has 0 bridgehead atoms. The third-order valence-corrected chi connectivity index (χ3v) is 5.78. The molecule has 0 spiro atoms. The second kappa shape index (κ2) is 12.2. The zero-order valence-corrected chi connectivity index (χ0v) is 21.5. The van der Waals surface area contributed by atoms with E-state index in [2.05, 4.69) is 5.32 Å². The number of nitrogens with one attached hydrogen (secondary N) is 1. The summed E-state index contributed by atoms with van der Waals surface area (Å²) in [6, 6.07) is 16.6. The van der Waals surface area contributed by atoms with Gasteiger partial charge in [0.15, 0.2) is 6.61 Å². The van der Waals surface area contributed by atoms with E-state index in [9.17, 15) is 14.4 Å². The highest BCUT2D eigenvalue weighted by molar-refractivity contribution is 6.16. The molecule has 0 aliphatic carbocycles. The van der Waals surface area contributed by atoms with Gasteiger partial charge >= 0.3 is 5.97 Å². The first-order valence-electron chi connectivity index (χ1n) is 12.2. The summed E-state index contributed by atoms with van der Waals surface area (Å²) in [6.45, 7) is 10.1. The fourth-order valence-corrected chi connectivity index (χ4v) is 4.00. The smallest absolute Gasteiger partial charge is 0.340 e. The lowest BCUT2D eigenvalue weighted by molar-refractivity contribution is -0.138. The van der Waals surface area contributed by atoms with Crippen LogP contribution in [-0.4, -0.2) is 42.4 Å². The normalized spacial score (nSPS) is 15.4. The summed E-state index contributed by atoms with van der Waals surface area (Å²) in [5.74, 6) is -0.170. The van der Waals surface area contributed by atoms with E-state index in [1.165, 1.54) is 0 Å². The van der Waals surface area contributed by atoms with Gasteiger partial charge in [0.2, 0.25) is 0 Å². The molecule has 1 atom stereocenters. The molecule has 0 unspecified atom stereocenters. The minimum absolute atomic E-state index is 0.116. The van der Waals surface area contributed by atoms with Gasteiger partial charge in [0, 0.05) is 12.2 Å². The number of esters is 1. The van der Waals surface area contributed by atoms with Crippen molar-refractivity contribution in [2.45, 2.75) is 40.7 Å². The van der Waals surface area contributed by atoms with Crippen molar-refractivity contribution in [3.8, 4) is 5.75 Å². The van der Waals surface area contributed by atoms with E-state index in [0.29, 0.717) is 29.1 Å². The second-order valence-corrected chi connectivity index (χ2v) is 9.11. The Morgan fingerprint density at radius 2 is 1.69 bits per heavy atom. The molecule has 36 heavy (non-hydrogen) atoms. The van der Waals surface area contributed by atoms with Gasteiger partial charge in [0.05, 0.1) is 23.8 Å². The summed E-state index contributed by atoms with van der Waals surface area (Å²) in [7, 11) is 0. The number of nitrogens with zero attached hydrogens (tertiary/aromatic N) is 1. The summed E-state index contributed by atoms with van der Waals surface area (Å²) in [5.41, 5.74) is 2.97. The van der Waals surface area contributed by atoms with E-state index in [1.54, 1.807) is 49.1 Å². The van der Waals surface area contributed by atoms with Crippen molar-refractivity contribution in [2.24, 2.45) is 5.92 Å². The second-order valence-electron chi connectivity index (χ2n) is 9.11. The van der Waals surface area contributed by atoms with Crippen molar-refractivity contribution in [3.05, 3.63) is 82.6 Å². The molecule has 0 saturated carbocycles. The van der Waals surface area contributed by atoms with Crippen LogP contribution in [0.3, 0.4) is 0 Å². The first-order valence-corrected chi connectivity index (χ1v) is 12.2. The molecule has 2 aromatic rings. The number of hydrogen-bond donors (Lipinski definition) is 1. The number of ether oxygens (including phenoxy) is 2. The molecule has 0 saturated heterocycles. The molecule has 190 valence electrons. The number of benzene rings is 2. The van der Waals surface area contributed by atoms with Crippen LogP contribution in [0.25, 0.3) is 6.08 Å². The molecule has 1 aliphatic rings. The SMILES string of the molecule is CCOC(=O)C1=C(C)N(CC(C)C)C(=O)/C1=C\c1ccc(OCC(=O)N[C@@H](C)c2ccccc2)cc1. The highest BCUT2D eigenvalue weighted by Crippen LogP contribution is 2.32. The predicted molar refractivity (Wildman–Crippen MR) is 139 cm³/mol. The summed E-state index contributed by atoms with van der Waals surface area (Å²) in [5, 5.41) is 2.91. The van der Waals surface area contributed by atoms with Crippen LogP contribution in [0, 0.1) is 5.92 Å². The van der Waals surface area contributed by atoms with Gasteiger partial charge in [-0.25, -0.2) is 4.79 Å². The van der Waals surface area contributed by atoms with Gasteiger partial charge in [-0.1, -0.05) is 56.3 Å². The molecule has 0 radical (unpaired) electrons. The summed E-state index contributed by atoms with van der Waals surface area (Å²) in [4.78, 5) is 39.7. The topological polar surface area (TPSA) is 84.9 Å². The van der Waals surface area contributed by atoms with Crippen molar-refractivity contribution in [2.75, 3.05) is 19.8 Å². The van der Waals surface area contributed by atoms with Gasteiger partial charge in [0.1, 0.15) is 5.75 Å². The molecule has 7 heteroatoms. The van der Waals surface area contributed by atoms with Crippen LogP contribution in [0.4, 0.5) is 0 Å². The lowest BCUT2D eigenvalue weighted by Crippen LogP contribution is -2.31. The molecule has 0 fully saturated rings. The Morgan fingerprint density at radius 1 is 1.03 bits per heavy atom. The lowest BCUT2D eigenvalue weighted by atomic mass is 10.0. The standard InChI is InChI=1S/C29H34N2O5/c1-6-35-29(34)27-21(5)31(17-19(2)3)28(33)25(27)16-22-12-14-24(15-13-22)36-18-26(32)30-20(4)23-10-8-7-9-11-23/h7-16,19-20H,6,17-18H2,1-5H3,(H,30,32)/b25-16-/t20-/m0/s1. The van der Waals surface area contributed by atoms with Crippen molar-refractivity contribution in [1.29, 1.82) is 0 Å². The van der Waals surface area contributed by atoms with E-state index in [1.807, 2.05) is 51.1 Å². The number of carbonyl (C=O) groups excluding carboxylic acids is 3. The van der Waals surface area contributed by atoms with Crippen LogP contribution in [0.1, 0.15) is 51.8 Å². The number of rotatable bonds is 10. The van der Waals surface area contributed by atoms with Crippen LogP contribution >= 0.6 is 0 Å². The lowest BCUT2D eigenvalue weighted by Gasteiger charge is -2.19. The van der Waals surface area contributed by atoms with Crippen molar-refractivity contribution >= 4 is 23.9 Å². The van der Waals surface area contributed by atoms with Gasteiger partial charge in [0.25, 0.3) is 11.8 Å². The maximum Gasteiger partial charge on any atom is 0.340 e. The minimum atomic E-state index is -0.503. The first kappa shape index (κ1) is 26.7. The third-order valence-electron chi connectivity index (χ3n) is 5.78. The van der Waals surface area contributed by atoms with Crippen molar-refractivity contribution in [1.82, 2.24) is 10.2 Å². The largest absolute Gasteiger partial charge is 0.484 e. The molecule has 2 amide bonds. The van der Waals surface area contributed by atoms with E-state index < -0.39 is 5.97 Å². The average molecular weight is 491 g/mol. The average Bonchev–Trinajstić information content (AvgIpc) is 3.08. The number of allylic oxidation sites excluding steroid dienone is 1. The van der Waals surface area contributed by atoms with E-state index in [-0.39, 0.29) is 37.0 Å². The monoisotopic (exact) mass is 490 g/mol. The molecule has 1 N–H and O–H groups in total. The van der Waals surface area contributed by atoms with E-state index >= 15 is 0 Å². The molecule has 3 rings (SSSR count). The highest BCUT2D eigenvalue weighted by Gasteiger charge is 2.37. The van der Waals surface area contributed by atoms with Crippen molar-refractivity contribution in [3.63, 3.8) is 0 Å². The third kappa shape index (κ3) is 6.62. The van der Waals surface area contributed by atoms with Crippen molar-refractivity contribution < 1.29 is 23.9 Å². The molecule has 7 nitrogen and oxygen atoms in total. The Morgan fingerprint density at radius 3 is 2.31 bits per heavy atom. The maximum absolute atomic E-state index is 13.1. The molecule has 1 heterocycles. The van der Waals surface area contributed by atoms with Gasteiger partial charge < -0.3 is 19.7 Å². The minimum Gasteiger partial charge on any atom is -0.484 e. The fraction of sp³-hybridized carbons (Fsp3) is 0.345. The Labute approximate surface area is 212 Å². The quantitative estimate of drug-likeness (QED) is 0.387. The van der Waals surface area contributed by atoms with Gasteiger partial charge in [-0.3, -0.25) is 9.59 Å². The first-order chi connectivity index (χ1) is 17.2. The molecular weight excluding hydrogens is 456 g/mol. The van der Waals surface area contributed by atoms with Crippen LogP contribution in [0.2, 0.25) is 0 Å². The number of hydrogen-bond acceptors (Lipinski definition) is 5. The number of amides is 2. The van der Waals surface area contributed by atoms with Crippen LogP contribution in [0.5, 0.6) is 5.75 Å². The van der Waals surface area contributed by atoms with Crippen LogP contribution in [0.15, 0.2) is 71.4 Å². The Hall–Kier alpha value is -3.87. The zero-order valence-electron chi connectivity index (χ0n) is 21.5. The molecule has 1 aliphatic heterocycles. The van der Waals surface area contributed by atoms with Crippen LogP contribution < -0.4 is 10.1 Å². The van der Waals surface area contributed by atoms with E-state index in [4.69, 9.17) is 9.47 Å². The molecule has 0 aromatic heterocycles. The Balaban J connectivity index is 1.69. The fourth-order valence-electron chi connectivity index (χ4n) is 4.00. The van der Waals surface area contributed by atoms with Gasteiger partial charge in [-0.05, 0) is 56.0 Å². The molecule has 2 aromatic carbocycles. The summed E-state index contributed by atoms with van der Waals surface area (Å²) >= 11 is 0. The summed E-state index contributed by atoms with van der Waals surface area (Å²) < 4.78 is 10.8. The Kier molecular flexibility index (Phi) is 9.06.